The number of fused-ring (bicyclic) bond motifs is 1. The number of rotatable bonds is 3. The number of hydrogen-bond donors (Lipinski definition) is 0. The molecule has 0 spiro atoms. The Morgan fingerprint density at radius 3 is 2.46 bits per heavy atom. The fourth-order valence-electron chi connectivity index (χ4n) is 2.41. The highest BCUT2D eigenvalue weighted by atomic mass is 19.4. The summed E-state index contributed by atoms with van der Waals surface area (Å²) >= 11 is 0. The van der Waals surface area contributed by atoms with Crippen molar-refractivity contribution in [3.63, 3.8) is 0 Å². The Morgan fingerprint density at radius 2 is 1.77 bits per heavy atom. The first-order chi connectivity index (χ1) is 12.2. The van der Waals surface area contributed by atoms with Gasteiger partial charge in [0.05, 0.1) is 5.56 Å². The van der Waals surface area contributed by atoms with Crippen molar-refractivity contribution in [3.8, 4) is 22.6 Å². The van der Waals surface area contributed by atoms with E-state index in [-0.39, 0.29) is 22.5 Å². The zero-order valence-electron chi connectivity index (χ0n) is 13.3. The van der Waals surface area contributed by atoms with E-state index in [1.165, 1.54) is 49.4 Å². The maximum atomic E-state index is 12.6. The summed E-state index contributed by atoms with van der Waals surface area (Å²) in [7, 11) is 0. The van der Waals surface area contributed by atoms with Gasteiger partial charge in [-0.1, -0.05) is 18.2 Å². The molecule has 0 radical (unpaired) electrons. The number of ether oxygens (including phenoxy) is 2. The van der Waals surface area contributed by atoms with Crippen molar-refractivity contribution in [2.24, 2.45) is 0 Å². The minimum absolute atomic E-state index is 0.0514. The molecular weight excluding hydrogens is 353 g/mol. The molecule has 8 heteroatoms. The average molecular weight is 364 g/mol. The van der Waals surface area contributed by atoms with E-state index in [0.29, 0.717) is 5.39 Å². The number of hydrogen-bond acceptors (Lipinski definition) is 5. The van der Waals surface area contributed by atoms with Crippen LogP contribution in [0.3, 0.4) is 0 Å². The third-order valence-corrected chi connectivity index (χ3v) is 3.37. The van der Waals surface area contributed by atoms with Crippen LogP contribution in [0.25, 0.3) is 22.1 Å². The predicted molar refractivity (Wildman–Crippen MR) is 85.9 cm³/mol. The zero-order chi connectivity index (χ0) is 18.9. The summed E-state index contributed by atoms with van der Waals surface area (Å²) in [6, 6.07) is 11.0. The molecule has 0 amide bonds. The fourth-order valence-corrected chi connectivity index (χ4v) is 2.41. The summed E-state index contributed by atoms with van der Waals surface area (Å²) < 4.78 is 51.8. The minimum atomic E-state index is -4.90. The van der Waals surface area contributed by atoms with Gasteiger partial charge < -0.3 is 13.9 Å². The average Bonchev–Trinajstić information content (AvgIpc) is 2.53. The smallest absolute Gasteiger partial charge is 0.427 e. The van der Waals surface area contributed by atoms with Gasteiger partial charge in [0, 0.05) is 23.9 Å². The van der Waals surface area contributed by atoms with Crippen LogP contribution in [0.15, 0.2) is 57.7 Å². The molecular formula is C18H11F3O5. The van der Waals surface area contributed by atoms with Crippen LogP contribution in [0.1, 0.15) is 6.92 Å². The lowest BCUT2D eigenvalue weighted by molar-refractivity contribution is -0.274. The lowest BCUT2D eigenvalue weighted by Crippen LogP contribution is -2.18. The van der Waals surface area contributed by atoms with Gasteiger partial charge in [0.2, 0.25) is 0 Å². The van der Waals surface area contributed by atoms with Crippen LogP contribution in [0.4, 0.5) is 13.2 Å². The monoisotopic (exact) mass is 364 g/mol. The third-order valence-electron chi connectivity index (χ3n) is 3.37. The highest BCUT2D eigenvalue weighted by Crippen LogP contribution is 2.33. The van der Waals surface area contributed by atoms with E-state index in [2.05, 4.69) is 4.74 Å². The van der Waals surface area contributed by atoms with Gasteiger partial charge in [-0.15, -0.1) is 13.2 Å². The number of carbonyl (C=O) groups excluding carboxylic acids is 1. The fraction of sp³-hybridized carbons (Fsp3) is 0.111. The highest BCUT2D eigenvalue weighted by Gasteiger charge is 2.32. The van der Waals surface area contributed by atoms with E-state index < -0.39 is 23.7 Å². The highest BCUT2D eigenvalue weighted by molar-refractivity contribution is 5.84. The summed E-state index contributed by atoms with van der Waals surface area (Å²) in [6.45, 7) is 1.22. The molecule has 0 saturated heterocycles. The van der Waals surface area contributed by atoms with Crippen LogP contribution in [0.2, 0.25) is 0 Å². The first-order valence-electron chi connectivity index (χ1n) is 7.34. The van der Waals surface area contributed by atoms with Crippen molar-refractivity contribution >= 4 is 16.9 Å². The van der Waals surface area contributed by atoms with Crippen molar-refractivity contribution < 1.29 is 31.9 Å². The second kappa shape index (κ2) is 6.55. The molecule has 0 N–H and O–H groups in total. The molecule has 0 aliphatic heterocycles. The molecule has 3 aromatic rings. The topological polar surface area (TPSA) is 65.7 Å². The van der Waals surface area contributed by atoms with Crippen LogP contribution in [0.5, 0.6) is 11.5 Å². The molecule has 0 aliphatic carbocycles. The van der Waals surface area contributed by atoms with E-state index in [1.54, 1.807) is 0 Å². The van der Waals surface area contributed by atoms with E-state index in [4.69, 9.17) is 9.15 Å². The van der Waals surface area contributed by atoms with Crippen LogP contribution in [0, 0.1) is 0 Å². The van der Waals surface area contributed by atoms with Gasteiger partial charge in [-0.05, 0) is 24.3 Å². The van der Waals surface area contributed by atoms with Gasteiger partial charge in [0.15, 0.2) is 0 Å². The first-order valence-corrected chi connectivity index (χ1v) is 7.34. The van der Waals surface area contributed by atoms with Crippen LogP contribution in [-0.2, 0) is 4.79 Å². The van der Waals surface area contributed by atoms with Gasteiger partial charge in [-0.3, -0.25) is 4.79 Å². The summed E-state index contributed by atoms with van der Waals surface area (Å²) in [6.07, 6.45) is -4.90. The largest absolute Gasteiger partial charge is 0.573 e. The van der Waals surface area contributed by atoms with Crippen molar-refractivity contribution in [2.45, 2.75) is 13.3 Å². The van der Waals surface area contributed by atoms with Crippen molar-refractivity contribution in [1.82, 2.24) is 0 Å². The maximum absolute atomic E-state index is 12.6. The SMILES string of the molecule is CC(=O)Oc1ccc2cc(-c3ccccc3OC(F)(F)F)c(=O)oc2c1. The standard InChI is InChI=1S/C18H11F3O5/c1-10(22)24-12-7-6-11-8-14(17(23)25-16(11)9-12)13-4-2-3-5-15(13)26-18(19,20)21/h2-9H,1H3. The Hall–Kier alpha value is -3.29. The summed E-state index contributed by atoms with van der Waals surface area (Å²) in [5.41, 5.74) is -0.857. The normalized spacial score (nSPS) is 11.4. The van der Waals surface area contributed by atoms with E-state index in [9.17, 15) is 22.8 Å². The van der Waals surface area contributed by atoms with Gasteiger partial charge in [-0.25, -0.2) is 4.79 Å². The number of esters is 1. The van der Waals surface area contributed by atoms with Crippen LogP contribution >= 0.6 is 0 Å². The molecule has 0 atom stereocenters. The molecule has 0 saturated carbocycles. The maximum Gasteiger partial charge on any atom is 0.573 e. The quantitative estimate of drug-likeness (QED) is 0.394. The number of benzene rings is 2. The number of carbonyl (C=O) groups is 1. The van der Waals surface area contributed by atoms with Gasteiger partial charge >= 0.3 is 18.0 Å². The van der Waals surface area contributed by atoms with Crippen molar-refractivity contribution in [3.05, 3.63) is 59.0 Å². The second-order valence-electron chi connectivity index (χ2n) is 5.28. The molecule has 0 bridgehead atoms. The molecule has 26 heavy (non-hydrogen) atoms. The lowest BCUT2D eigenvalue weighted by Gasteiger charge is -2.13. The Kier molecular flexibility index (Phi) is 4.41. The molecule has 1 aromatic heterocycles. The molecule has 0 unspecified atom stereocenters. The summed E-state index contributed by atoms with van der Waals surface area (Å²) in [4.78, 5) is 23.3. The lowest BCUT2D eigenvalue weighted by atomic mass is 10.0. The Labute approximate surface area is 144 Å². The molecule has 134 valence electrons. The van der Waals surface area contributed by atoms with Crippen LogP contribution in [-0.4, -0.2) is 12.3 Å². The molecule has 5 nitrogen and oxygen atoms in total. The Balaban J connectivity index is 2.11. The zero-order valence-corrected chi connectivity index (χ0v) is 13.3. The molecule has 0 fully saturated rings. The van der Waals surface area contributed by atoms with Gasteiger partial charge in [-0.2, -0.15) is 0 Å². The number of para-hydroxylation sites is 1. The van der Waals surface area contributed by atoms with Crippen molar-refractivity contribution in [1.29, 1.82) is 0 Å². The molecule has 3 rings (SSSR count). The minimum Gasteiger partial charge on any atom is -0.427 e. The first kappa shape index (κ1) is 17.5. The van der Waals surface area contributed by atoms with Gasteiger partial charge in [0.1, 0.15) is 17.1 Å². The van der Waals surface area contributed by atoms with E-state index in [0.717, 1.165) is 6.07 Å². The summed E-state index contributed by atoms with van der Waals surface area (Å²) in [5.74, 6) is -0.869. The third kappa shape index (κ3) is 3.85. The molecule has 1 heterocycles. The van der Waals surface area contributed by atoms with Gasteiger partial charge in [0.25, 0.3) is 0 Å². The van der Waals surface area contributed by atoms with Crippen LogP contribution < -0.4 is 15.1 Å². The Bertz CT molecular complexity index is 1040. The predicted octanol–water partition coefficient (Wildman–Crippen LogP) is 4.28. The Morgan fingerprint density at radius 1 is 1.04 bits per heavy atom. The number of halogens is 3. The van der Waals surface area contributed by atoms with Crippen molar-refractivity contribution in [2.75, 3.05) is 0 Å². The van der Waals surface area contributed by atoms with E-state index >= 15 is 0 Å². The molecule has 2 aromatic carbocycles. The number of alkyl halides is 3. The van der Waals surface area contributed by atoms with E-state index in [1.807, 2.05) is 0 Å². The summed E-state index contributed by atoms with van der Waals surface area (Å²) in [5, 5.41) is 0.442. The second-order valence-corrected chi connectivity index (χ2v) is 5.28. The molecule has 0 aliphatic rings.